The number of aromatic nitrogens is 2. The molecule has 0 radical (unpaired) electrons. The average Bonchev–Trinajstić information content (AvgIpc) is 2.61. The SMILES string of the molecule is C=CCN=C(C=CC)CN(Cc1ccccn1)Cc1ccccn1. The highest BCUT2D eigenvalue weighted by atomic mass is 15.1. The van der Waals surface area contributed by atoms with Crippen LogP contribution in [-0.4, -0.2) is 33.7 Å². The highest BCUT2D eigenvalue weighted by Crippen LogP contribution is 2.07. The summed E-state index contributed by atoms with van der Waals surface area (Å²) in [5.41, 5.74) is 3.11. The zero-order valence-corrected chi connectivity index (χ0v) is 14.2. The molecule has 0 bridgehead atoms. The van der Waals surface area contributed by atoms with Gasteiger partial charge in [0.2, 0.25) is 0 Å². The lowest BCUT2D eigenvalue weighted by Crippen LogP contribution is -2.29. The maximum Gasteiger partial charge on any atom is 0.0571 e. The number of hydrogen-bond donors (Lipinski definition) is 0. The summed E-state index contributed by atoms with van der Waals surface area (Å²) >= 11 is 0. The Morgan fingerprint density at radius 1 is 1.08 bits per heavy atom. The first kappa shape index (κ1) is 17.8. The standard InChI is InChI=1S/C20H24N4/c1-3-9-18(21-12-4-2)15-24(16-19-10-5-7-13-22-19)17-20-11-6-8-14-23-20/h3-11,13-14H,2,12,15-17H2,1H3. The van der Waals surface area contributed by atoms with Gasteiger partial charge in [-0.05, 0) is 37.3 Å². The second kappa shape index (κ2) is 10.2. The van der Waals surface area contributed by atoms with Gasteiger partial charge in [-0.2, -0.15) is 0 Å². The van der Waals surface area contributed by atoms with Gasteiger partial charge < -0.3 is 0 Å². The minimum atomic E-state index is 0.626. The first-order valence-electron chi connectivity index (χ1n) is 8.11. The smallest absolute Gasteiger partial charge is 0.0571 e. The molecule has 0 aromatic carbocycles. The fraction of sp³-hybridized carbons (Fsp3) is 0.250. The Morgan fingerprint density at radius 3 is 2.17 bits per heavy atom. The molecule has 0 saturated heterocycles. The number of rotatable bonds is 9. The number of allylic oxidation sites excluding steroid dienone is 1. The molecule has 2 aromatic rings. The van der Waals surface area contributed by atoms with E-state index in [1.54, 1.807) is 0 Å². The number of pyridine rings is 2. The average molecular weight is 320 g/mol. The van der Waals surface area contributed by atoms with E-state index in [0.717, 1.165) is 36.7 Å². The minimum Gasteiger partial charge on any atom is -0.286 e. The van der Waals surface area contributed by atoms with Crippen molar-refractivity contribution in [3.8, 4) is 0 Å². The highest BCUT2D eigenvalue weighted by molar-refractivity contribution is 5.96. The third-order valence-corrected chi connectivity index (χ3v) is 3.39. The second-order valence-corrected chi connectivity index (χ2v) is 5.41. The van der Waals surface area contributed by atoms with Crippen molar-refractivity contribution in [1.82, 2.24) is 14.9 Å². The van der Waals surface area contributed by atoms with Crippen LogP contribution in [0.25, 0.3) is 0 Å². The molecule has 4 nitrogen and oxygen atoms in total. The van der Waals surface area contributed by atoms with E-state index in [4.69, 9.17) is 0 Å². The van der Waals surface area contributed by atoms with Crippen LogP contribution < -0.4 is 0 Å². The number of nitrogens with zero attached hydrogens (tertiary/aromatic N) is 4. The molecule has 0 spiro atoms. The van der Waals surface area contributed by atoms with Crippen LogP contribution in [0, 0.1) is 0 Å². The monoisotopic (exact) mass is 320 g/mol. The molecule has 2 rings (SSSR count). The van der Waals surface area contributed by atoms with Crippen LogP contribution in [0.2, 0.25) is 0 Å². The molecular formula is C20H24N4. The molecule has 0 amide bonds. The quantitative estimate of drug-likeness (QED) is 0.523. The topological polar surface area (TPSA) is 41.4 Å². The summed E-state index contributed by atoms with van der Waals surface area (Å²) in [6.45, 7) is 8.62. The fourth-order valence-electron chi connectivity index (χ4n) is 2.37. The summed E-state index contributed by atoms with van der Waals surface area (Å²) in [7, 11) is 0. The summed E-state index contributed by atoms with van der Waals surface area (Å²) in [5.74, 6) is 0. The molecule has 2 aromatic heterocycles. The predicted molar refractivity (Wildman–Crippen MR) is 99.9 cm³/mol. The van der Waals surface area contributed by atoms with Crippen molar-refractivity contribution >= 4 is 5.71 Å². The second-order valence-electron chi connectivity index (χ2n) is 5.41. The van der Waals surface area contributed by atoms with Gasteiger partial charge in [-0.3, -0.25) is 19.9 Å². The molecule has 0 aliphatic carbocycles. The molecule has 0 atom stereocenters. The van der Waals surface area contributed by atoms with Gasteiger partial charge in [-0.1, -0.05) is 24.3 Å². The van der Waals surface area contributed by atoms with Gasteiger partial charge in [0.25, 0.3) is 0 Å². The van der Waals surface area contributed by atoms with Crippen molar-refractivity contribution in [3.63, 3.8) is 0 Å². The van der Waals surface area contributed by atoms with Crippen LogP contribution in [0.5, 0.6) is 0 Å². The molecule has 0 saturated carbocycles. The summed E-state index contributed by atoms with van der Waals surface area (Å²) in [6.07, 6.45) is 9.53. The van der Waals surface area contributed by atoms with E-state index < -0.39 is 0 Å². The maximum atomic E-state index is 4.58. The largest absolute Gasteiger partial charge is 0.286 e. The van der Waals surface area contributed by atoms with E-state index in [1.807, 2.05) is 73.9 Å². The van der Waals surface area contributed by atoms with Gasteiger partial charge in [0.1, 0.15) is 0 Å². The Hall–Kier alpha value is -2.59. The lowest BCUT2D eigenvalue weighted by molar-refractivity contribution is 0.288. The third kappa shape index (κ3) is 6.26. The summed E-state index contributed by atoms with van der Waals surface area (Å²) in [5, 5.41) is 0. The van der Waals surface area contributed by atoms with Crippen LogP contribution in [0.15, 0.2) is 78.6 Å². The Morgan fingerprint density at radius 2 is 1.71 bits per heavy atom. The Labute approximate surface area is 144 Å². The lowest BCUT2D eigenvalue weighted by Gasteiger charge is -2.21. The minimum absolute atomic E-state index is 0.626. The van der Waals surface area contributed by atoms with Crippen molar-refractivity contribution in [2.45, 2.75) is 20.0 Å². The predicted octanol–water partition coefficient (Wildman–Crippen LogP) is 3.68. The van der Waals surface area contributed by atoms with Crippen LogP contribution >= 0.6 is 0 Å². The zero-order valence-electron chi connectivity index (χ0n) is 14.2. The normalized spacial score (nSPS) is 12.0. The molecule has 0 fully saturated rings. The van der Waals surface area contributed by atoms with E-state index in [1.165, 1.54) is 0 Å². The van der Waals surface area contributed by atoms with Crippen molar-refractivity contribution in [3.05, 3.63) is 85.0 Å². The lowest BCUT2D eigenvalue weighted by atomic mass is 10.2. The van der Waals surface area contributed by atoms with Crippen molar-refractivity contribution in [1.29, 1.82) is 0 Å². The van der Waals surface area contributed by atoms with E-state index in [2.05, 4.69) is 26.4 Å². The van der Waals surface area contributed by atoms with Crippen LogP contribution in [0.4, 0.5) is 0 Å². The summed E-state index contributed by atoms with van der Waals surface area (Å²) in [4.78, 5) is 15.8. The molecular weight excluding hydrogens is 296 g/mol. The van der Waals surface area contributed by atoms with Gasteiger partial charge in [0, 0.05) is 37.7 Å². The maximum absolute atomic E-state index is 4.58. The zero-order chi connectivity index (χ0) is 17.0. The van der Waals surface area contributed by atoms with E-state index in [0.29, 0.717) is 6.54 Å². The van der Waals surface area contributed by atoms with Gasteiger partial charge in [0.15, 0.2) is 0 Å². The molecule has 0 aliphatic heterocycles. The molecule has 24 heavy (non-hydrogen) atoms. The van der Waals surface area contributed by atoms with E-state index in [-0.39, 0.29) is 0 Å². The fourth-order valence-corrected chi connectivity index (χ4v) is 2.37. The first-order chi connectivity index (χ1) is 11.8. The summed E-state index contributed by atoms with van der Waals surface area (Å²) < 4.78 is 0. The number of hydrogen-bond acceptors (Lipinski definition) is 4. The van der Waals surface area contributed by atoms with Crippen LogP contribution in [0.1, 0.15) is 18.3 Å². The Bertz CT molecular complexity index is 621. The van der Waals surface area contributed by atoms with Gasteiger partial charge in [-0.25, -0.2) is 0 Å². The van der Waals surface area contributed by atoms with Crippen molar-refractivity contribution in [2.75, 3.05) is 13.1 Å². The molecule has 2 heterocycles. The van der Waals surface area contributed by atoms with E-state index in [9.17, 15) is 0 Å². The van der Waals surface area contributed by atoms with Crippen molar-refractivity contribution < 1.29 is 0 Å². The molecule has 124 valence electrons. The van der Waals surface area contributed by atoms with E-state index >= 15 is 0 Å². The van der Waals surface area contributed by atoms with Gasteiger partial charge >= 0.3 is 0 Å². The van der Waals surface area contributed by atoms with Crippen molar-refractivity contribution in [2.24, 2.45) is 4.99 Å². The molecule has 0 unspecified atom stereocenters. The third-order valence-electron chi connectivity index (χ3n) is 3.39. The summed E-state index contributed by atoms with van der Waals surface area (Å²) in [6, 6.07) is 12.0. The Balaban J connectivity index is 2.15. The Kier molecular flexibility index (Phi) is 7.57. The highest BCUT2D eigenvalue weighted by Gasteiger charge is 2.10. The van der Waals surface area contributed by atoms with Crippen LogP contribution in [0.3, 0.4) is 0 Å². The van der Waals surface area contributed by atoms with Gasteiger partial charge in [-0.15, -0.1) is 6.58 Å². The van der Waals surface area contributed by atoms with Crippen LogP contribution in [-0.2, 0) is 13.1 Å². The first-order valence-corrected chi connectivity index (χ1v) is 8.11. The molecule has 0 N–H and O–H groups in total. The number of aliphatic imine (C=N–C) groups is 1. The molecule has 4 heteroatoms. The molecule has 0 aliphatic rings. The van der Waals surface area contributed by atoms with Gasteiger partial charge in [0.05, 0.1) is 17.9 Å².